The number of hydrogen-bond donors (Lipinski definition) is 3. The van der Waals surface area contributed by atoms with Crippen LogP contribution in [-0.2, 0) is 9.59 Å². The average Bonchev–Trinajstić information content (AvgIpc) is 2.86. The lowest BCUT2D eigenvalue weighted by molar-refractivity contribution is -0.141. The van der Waals surface area contributed by atoms with E-state index in [1.807, 2.05) is 0 Å². The maximum atomic E-state index is 11.8. The van der Waals surface area contributed by atoms with Gasteiger partial charge >= 0.3 is 5.97 Å². The first-order chi connectivity index (χ1) is 9.15. The Labute approximate surface area is 114 Å². The Hall–Kier alpha value is -1.10. The van der Waals surface area contributed by atoms with Crippen LogP contribution in [0.25, 0.3) is 0 Å². The summed E-state index contributed by atoms with van der Waals surface area (Å²) in [6.07, 6.45) is 7.16. The van der Waals surface area contributed by atoms with Gasteiger partial charge in [0.2, 0.25) is 5.91 Å². The maximum Gasteiger partial charge on any atom is 0.306 e. The zero-order valence-electron chi connectivity index (χ0n) is 11.4. The Bertz CT molecular complexity index is 327. The standard InChI is InChI=1S/C14H24N2O3/c17-13(7-6-11-3-1-2-8-15-11)16-12-5-4-10(9-12)14(18)19/h10-12,15H,1-9H2,(H,16,17)(H,18,19). The summed E-state index contributed by atoms with van der Waals surface area (Å²) in [6, 6.07) is 0.544. The molecule has 2 rings (SSSR count). The molecule has 3 atom stereocenters. The van der Waals surface area contributed by atoms with Crippen molar-refractivity contribution in [2.45, 2.75) is 63.5 Å². The van der Waals surface area contributed by atoms with E-state index < -0.39 is 5.97 Å². The molecule has 2 aliphatic rings. The molecule has 1 saturated carbocycles. The van der Waals surface area contributed by atoms with E-state index in [4.69, 9.17) is 5.11 Å². The van der Waals surface area contributed by atoms with Gasteiger partial charge < -0.3 is 15.7 Å². The molecule has 1 amide bonds. The van der Waals surface area contributed by atoms with E-state index in [-0.39, 0.29) is 17.9 Å². The Kier molecular flexibility index (Phi) is 5.19. The van der Waals surface area contributed by atoms with Gasteiger partial charge in [-0.15, -0.1) is 0 Å². The van der Waals surface area contributed by atoms with E-state index in [0.717, 1.165) is 25.8 Å². The summed E-state index contributed by atoms with van der Waals surface area (Å²) < 4.78 is 0. The highest BCUT2D eigenvalue weighted by Crippen LogP contribution is 2.25. The fourth-order valence-corrected chi connectivity index (χ4v) is 3.11. The third kappa shape index (κ3) is 4.49. The van der Waals surface area contributed by atoms with Crippen molar-refractivity contribution in [3.63, 3.8) is 0 Å². The number of hydrogen-bond acceptors (Lipinski definition) is 3. The SMILES string of the molecule is O=C(CCC1CCCCN1)NC1CCC(C(=O)O)C1. The highest BCUT2D eigenvalue weighted by atomic mass is 16.4. The molecule has 1 saturated heterocycles. The molecule has 19 heavy (non-hydrogen) atoms. The van der Waals surface area contributed by atoms with Crippen LogP contribution >= 0.6 is 0 Å². The van der Waals surface area contributed by atoms with Crippen LogP contribution in [0.4, 0.5) is 0 Å². The molecule has 0 aromatic heterocycles. The summed E-state index contributed by atoms with van der Waals surface area (Å²) in [5, 5.41) is 15.3. The van der Waals surface area contributed by atoms with Crippen LogP contribution in [0.3, 0.4) is 0 Å². The van der Waals surface area contributed by atoms with Crippen molar-refractivity contribution < 1.29 is 14.7 Å². The van der Waals surface area contributed by atoms with Gasteiger partial charge in [0, 0.05) is 18.5 Å². The predicted molar refractivity (Wildman–Crippen MR) is 71.8 cm³/mol. The highest BCUT2D eigenvalue weighted by molar-refractivity contribution is 5.76. The van der Waals surface area contributed by atoms with Crippen molar-refractivity contribution in [2.24, 2.45) is 5.92 Å². The van der Waals surface area contributed by atoms with Gasteiger partial charge in [-0.05, 0) is 45.1 Å². The van der Waals surface area contributed by atoms with Crippen LogP contribution in [0.1, 0.15) is 51.4 Å². The summed E-state index contributed by atoms with van der Waals surface area (Å²) >= 11 is 0. The second-order valence-electron chi connectivity index (χ2n) is 5.80. The van der Waals surface area contributed by atoms with Crippen LogP contribution in [0.2, 0.25) is 0 Å². The summed E-state index contributed by atoms with van der Waals surface area (Å²) in [5.74, 6) is -0.933. The van der Waals surface area contributed by atoms with Gasteiger partial charge in [0.25, 0.3) is 0 Å². The Balaban J connectivity index is 1.63. The minimum atomic E-state index is -0.733. The van der Waals surface area contributed by atoms with Crippen molar-refractivity contribution in [2.75, 3.05) is 6.54 Å². The summed E-state index contributed by atoms with van der Waals surface area (Å²) in [5.41, 5.74) is 0. The molecule has 2 fully saturated rings. The molecule has 1 aliphatic carbocycles. The van der Waals surface area contributed by atoms with E-state index in [9.17, 15) is 9.59 Å². The monoisotopic (exact) mass is 268 g/mol. The normalized spacial score (nSPS) is 31.1. The van der Waals surface area contributed by atoms with E-state index in [1.54, 1.807) is 0 Å². The number of carbonyl (C=O) groups is 2. The number of carboxylic acids is 1. The predicted octanol–water partition coefficient (Wildman–Crippen LogP) is 1.28. The molecule has 0 spiro atoms. The van der Waals surface area contributed by atoms with Gasteiger partial charge in [-0.3, -0.25) is 9.59 Å². The van der Waals surface area contributed by atoms with Crippen LogP contribution in [0, 0.1) is 5.92 Å². The highest BCUT2D eigenvalue weighted by Gasteiger charge is 2.30. The first-order valence-electron chi connectivity index (χ1n) is 7.40. The molecule has 5 nitrogen and oxygen atoms in total. The minimum Gasteiger partial charge on any atom is -0.481 e. The number of carboxylic acid groups (broad SMARTS) is 1. The van der Waals surface area contributed by atoms with Crippen LogP contribution < -0.4 is 10.6 Å². The van der Waals surface area contributed by atoms with E-state index >= 15 is 0 Å². The molecular formula is C14H24N2O3. The summed E-state index contributed by atoms with van der Waals surface area (Å²) in [7, 11) is 0. The molecule has 1 heterocycles. The van der Waals surface area contributed by atoms with Gasteiger partial charge in [0.05, 0.1) is 5.92 Å². The smallest absolute Gasteiger partial charge is 0.306 e. The van der Waals surface area contributed by atoms with Crippen molar-refractivity contribution in [1.29, 1.82) is 0 Å². The molecule has 3 unspecified atom stereocenters. The lowest BCUT2D eigenvalue weighted by Crippen LogP contribution is -2.37. The minimum absolute atomic E-state index is 0.0629. The molecule has 5 heteroatoms. The van der Waals surface area contributed by atoms with Crippen molar-refractivity contribution in [3.05, 3.63) is 0 Å². The fourth-order valence-electron chi connectivity index (χ4n) is 3.11. The van der Waals surface area contributed by atoms with Gasteiger partial charge in [0.15, 0.2) is 0 Å². The molecule has 3 N–H and O–H groups in total. The van der Waals surface area contributed by atoms with E-state index in [1.165, 1.54) is 12.8 Å². The van der Waals surface area contributed by atoms with E-state index in [0.29, 0.717) is 25.3 Å². The summed E-state index contributed by atoms with van der Waals surface area (Å²) in [6.45, 7) is 1.06. The Morgan fingerprint density at radius 1 is 1.21 bits per heavy atom. The molecule has 1 aliphatic heterocycles. The number of aliphatic carboxylic acids is 1. The second kappa shape index (κ2) is 6.89. The number of piperidine rings is 1. The number of carbonyl (C=O) groups excluding carboxylic acids is 1. The summed E-state index contributed by atoms with van der Waals surface area (Å²) in [4.78, 5) is 22.7. The lowest BCUT2D eigenvalue weighted by atomic mass is 10.0. The van der Waals surface area contributed by atoms with Crippen molar-refractivity contribution >= 4 is 11.9 Å². The molecule has 0 radical (unpaired) electrons. The van der Waals surface area contributed by atoms with Gasteiger partial charge in [-0.2, -0.15) is 0 Å². The van der Waals surface area contributed by atoms with Gasteiger partial charge in [-0.25, -0.2) is 0 Å². The van der Waals surface area contributed by atoms with Gasteiger partial charge in [-0.1, -0.05) is 6.42 Å². The number of rotatable bonds is 5. The lowest BCUT2D eigenvalue weighted by Gasteiger charge is -2.23. The molecule has 0 bridgehead atoms. The Morgan fingerprint density at radius 2 is 2.05 bits per heavy atom. The molecule has 108 valence electrons. The fraction of sp³-hybridized carbons (Fsp3) is 0.857. The number of nitrogens with one attached hydrogen (secondary N) is 2. The largest absolute Gasteiger partial charge is 0.481 e. The average molecular weight is 268 g/mol. The van der Waals surface area contributed by atoms with Crippen LogP contribution in [0.15, 0.2) is 0 Å². The molecule has 0 aromatic carbocycles. The molecule has 0 aromatic rings. The Morgan fingerprint density at radius 3 is 2.68 bits per heavy atom. The first kappa shape index (κ1) is 14.3. The van der Waals surface area contributed by atoms with E-state index in [2.05, 4.69) is 10.6 Å². The second-order valence-corrected chi connectivity index (χ2v) is 5.80. The topological polar surface area (TPSA) is 78.4 Å². The van der Waals surface area contributed by atoms with Crippen LogP contribution in [-0.4, -0.2) is 35.6 Å². The third-order valence-corrected chi connectivity index (χ3v) is 4.28. The third-order valence-electron chi connectivity index (χ3n) is 4.28. The quantitative estimate of drug-likeness (QED) is 0.702. The zero-order chi connectivity index (χ0) is 13.7. The zero-order valence-corrected chi connectivity index (χ0v) is 11.4. The number of amides is 1. The van der Waals surface area contributed by atoms with Crippen molar-refractivity contribution in [3.8, 4) is 0 Å². The molecular weight excluding hydrogens is 244 g/mol. The van der Waals surface area contributed by atoms with Gasteiger partial charge in [0.1, 0.15) is 0 Å². The van der Waals surface area contributed by atoms with Crippen LogP contribution in [0.5, 0.6) is 0 Å². The van der Waals surface area contributed by atoms with Crippen molar-refractivity contribution in [1.82, 2.24) is 10.6 Å². The first-order valence-corrected chi connectivity index (χ1v) is 7.40. The maximum absolute atomic E-state index is 11.8.